The summed E-state index contributed by atoms with van der Waals surface area (Å²) in [6.45, 7) is -0.413. The molecule has 0 bridgehead atoms. The first kappa shape index (κ1) is 21.4. The molecule has 0 saturated carbocycles. The van der Waals surface area contributed by atoms with E-state index in [-0.39, 0.29) is 17.0 Å². The van der Waals surface area contributed by atoms with Crippen molar-refractivity contribution in [3.05, 3.63) is 93.1 Å². The van der Waals surface area contributed by atoms with Crippen molar-refractivity contribution in [1.82, 2.24) is 35.0 Å². The minimum atomic E-state index is -0.700. The number of esters is 1. The molecule has 0 aliphatic heterocycles. The van der Waals surface area contributed by atoms with Gasteiger partial charge in [-0.1, -0.05) is 46.5 Å². The van der Waals surface area contributed by atoms with E-state index < -0.39 is 18.3 Å². The van der Waals surface area contributed by atoms with Crippen molar-refractivity contribution >= 4 is 39.5 Å². The fourth-order valence-electron chi connectivity index (χ4n) is 3.20. The molecule has 11 nitrogen and oxygen atoms in total. The number of hydrogen-bond acceptors (Lipinski definition) is 10. The number of carbonyl (C=O) groups excluding carboxylic acids is 1. The molecule has 0 atom stereocenters. The predicted molar refractivity (Wildman–Crippen MR) is 123 cm³/mol. The molecule has 0 aliphatic rings. The van der Waals surface area contributed by atoms with Gasteiger partial charge in [0, 0.05) is 6.20 Å². The van der Waals surface area contributed by atoms with E-state index in [1.807, 2.05) is 0 Å². The Balaban J connectivity index is 1.33. The first-order valence-electron chi connectivity index (χ1n) is 10.0. The summed E-state index contributed by atoms with van der Waals surface area (Å²) in [6.07, 6.45) is 1.52. The molecule has 34 heavy (non-hydrogen) atoms. The van der Waals surface area contributed by atoms with Gasteiger partial charge in [-0.2, -0.15) is 9.36 Å². The molecule has 12 heteroatoms. The van der Waals surface area contributed by atoms with Gasteiger partial charge >= 0.3 is 5.97 Å². The van der Waals surface area contributed by atoms with Crippen LogP contribution in [0, 0.1) is 0 Å². The molecule has 0 fully saturated rings. The Labute approximate surface area is 195 Å². The Hall–Kier alpha value is -4.45. The lowest BCUT2D eigenvalue weighted by molar-refractivity contribution is 0.0331. The minimum absolute atomic E-state index is 0.0869. The van der Waals surface area contributed by atoms with E-state index in [1.165, 1.54) is 10.9 Å². The summed E-state index contributed by atoms with van der Waals surface area (Å²) in [4.78, 5) is 42.1. The van der Waals surface area contributed by atoms with E-state index >= 15 is 0 Å². The van der Waals surface area contributed by atoms with Crippen LogP contribution in [0.25, 0.3) is 21.8 Å². The Morgan fingerprint density at radius 1 is 0.824 bits per heavy atom. The van der Waals surface area contributed by atoms with Crippen molar-refractivity contribution in [2.75, 3.05) is 0 Å². The Morgan fingerprint density at radius 3 is 2.15 bits per heavy atom. The Kier molecular flexibility index (Phi) is 5.79. The molecular formula is C22H15N7O4S. The highest BCUT2D eigenvalue weighted by atomic mass is 32.2. The van der Waals surface area contributed by atoms with Gasteiger partial charge in [-0.3, -0.25) is 9.59 Å². The maximum Gasteiger partial charge on any atom is 0.342 e. The maximum atomic E-state index is 12.7. The summed E-state index contributed by atoms with van der Waals surface area (Å²) in [7, 11) is 0. The number of carbonyl (C=O) groups is 1. The zero-order valence-corrected chi connectivity index (χ0v) is 18.3. The summed E-state index contributed by atoms with van der Waals surface area (Å²) in [5.74, 6) is -0.613. The summed E-state index contributed by atoms with van der Waals surface area (Å²) < 4.78 is 7.45. The van der Waals surface area contributed by atoms with Gasteiger partial charge in [0.25, 0.3) is 11.1 Å². The number of hydrogen-bond donors (Lipinski definition) is 0. The topological polar surface area (TPSA) is 135 Å². The zero-order valence-electron chi connectivity index (χ0n) is 17.4. The molecule has 5 aromatic rings. The van der Waals surface area contributed by atoms with Gasteiger partial charge in [0.15, 0.2) is 6.73 Å². The molecule has 5 rings (SSSR count). The first-order chi connectivity index (χ1) is 16.6. The van der Waals surface area contributed by atoms with Gasteiger partial charge in [0.2, 0.25) is 0 Å². The third kappa shape index (κ3) is 4.13. The van der Waals surface area contributed by atoms with E-state index in [4.69, 9.17) is 4.74 Å². The van der Waals surface area contributed by atoms with E-state index in [0.717, 1.165) is 16.4 Å². The highest BCUT2D eigenvalue weighted by Gasteiger charge is 2.16. The molecule has 0 radical (unpaired) electrons. The van der Waals surface area contributed by atoms with Crippen molar-refractivity contribution in [3.8, 4) is 0 Å². The lowest BCUT2D eigenvalue weighted by atomic mass is 10.2. The Morgan fingerprint density at radius 2 is 1.44 bits per heavy atom. The Bertz CT molecular complexity index is 1650. The van der Waals surface area contributed by atoms with Crippen molar-refractivity contribution in [2.24, 2.45) is 0 Å². The van der Waals surface area contributed by atoms with Crippen molar-refractivity contribution in [2.45, 2.75) is 17.6 Å². The van der Waals surface area contributed by atoms with Crippen LogP contribution < -0.4 is 11.1 Å². The van der Waals surface area contributed by atoms with Gasteiger partial charge in [0.1, 0.15) is 16.1 Å². The molecule has 0 N–H and O–H groups in total. The van der Waals surface area contributed by atoms with E-state index in [9.17, 15) is 14.4 Å². The van der Waals surface area contributed by atoms with Crippen molar-refractivity contribution < 1.29 is 9.53 Å². The first-order valence-corrected chi connectivity index (χ1v) is 11.0. The van der Waals surface area contributed by atoms with Crippen LogP contribution in [0.15, 0.2) is 81.5 Å². The molecule has 168 valence electrons. The van der Waals surface area contributed by atoms with Crippen molar-refractivity contribution in [3.63, 3.8) is 0 Å². The standard InChI is InChI=1S/C22H15N7O4S/c30-20-14-6-1-3-9-17(14)24-26-28(20)12-33-22(32)16-8-5-11-23-19(16)34-13-29-21(31)15-7-2-4-10-18(15)25-27-29/h1-11H,12-13H2. The second-order valence-electron chi connectivity index (χ2n) is 7.01. The van der Waals surface area contributed by atoms with Gasteiger partial charge in [-0.25, -0.2) is 9.78 Å². The number of benzene rings is 2. The van der Waals surface area contributed by atoms with Crippen LogP contribution >= 0.6 is 11.8 Å². The van der Waals surface area contributed by atoms with E-state index in [2.05, 4.69) is 25.6 Å². The summed E-state index contributed by atoms with van der Waals surface area (Å²) >= 11 is 1.13. The summed E-state index contributed by atoms with van der Waals surface area (Å²) in [6, 6.07) is 16.8. The SMILES string of the molecule is O=C(OCn1nnc2ccccc2c1=O)c1cccnc1SCn1nnc2ccccc2c1=O. The fraction of sp³-hybridized carbons (Fsp3) is 0.0909. The highest BCUT2D eigenvalue weighted by Crippen LogP contribution is 2.22. The maximum absolute atomic E-state index is 12.7. The van der Waals surface area contributed by atoms with Crippen LogP contribution in [0.1, 0.15) is 10.4 Å². The van der Waals surface area contributed by atoms with Crippen LogP contribution in [-0.2, 0) is 17.3 Å². The smallest absolute Gasteiger partial charge is 0.342 e. The number of thioether (sulfide) groups is 1. The minimum Gasteiger partial charge on any atom is -0.438 e. The third-order valence-electron chi connectivity index (χ3n) is 4.89. The molecule has 0 aliphatic carbocycles. The molecule has 0 spiro atoms. The third-order valence-corrected chi connectivity index (χ3v) is 5.86. The molecule has 3 heterocycles. The number of aromatic nitrogens is 7. The highest BCUT2D eigenvalue weighted by molar-refractivity contribution is 7.98. The van der Waals surface area contributed by atoms with Crippen LogP contribution in [0.4, 0.5) is 0 Å². The molecule has 2 aromatic carbocycles. The number of ether oxygens (including phenoxy) is 1. The quantitative estimate of drug-likeness (QED) is 0.266. The summed E-state index contributed by atoms with van der Waals surface area (Å²) in [5, 5.41) is 16.9. The van der Waals surface area contributed by atoms with Gasteiger partial charge in [0.05, 0.1) is 22.2 Å². The lowest BCUT2D eigenvalue weighted by Crippen LogP contribution is -2.26. The molecular weight excluding hydrogens is 458 g/mol. The second kappa shape index (κ2) is 9.19. The van der Waals surface area contributed by atoms with Crippen molar-refractivity contribution in [1.29, 1.82) is 0 Å². The van der Waals surface area contributed by atoms with Crippen LogP contribution in [-0.4, -0.2) is 40.9 Å². The molecule has 3 aromatic heterocycles. The predicted octanol–water partition coefficient (Wildman–Crippen LogP) is 1.86. The number of fused-ring (bicyclic) bond motifs is 2. The molecule has 0 amide bonds. The van der Waals surface area contributed by atoms with Crippen LogP contribution in [0.3, 0.4) is 0 Å². The number of pyridine rings is 1. The number of rotatable bonds is 6. The van der Waals surface area contributed by atoms with Crippen LogP contribution in [0.2, 0.25) is 0 Å². The molecule has 0 saturated heterocycles. The van der Waals surface area contributed by atoms with Crippen LogP contribution in [0.5, 0.6) is 0 Å². The normalized spacial score (nSPS) is 11.1. The number of nitrogens with zero attached hydrogens (tertiary/aromatic N) is 7. The van der Waals surface area contributed by atoms with E-state index in [1.54, 1.807) is 60.7 Å². The lowest BCUT2D eigenvalue weighted by Gasteiger charge is -2.10. The monoisotopic (exact) mass is 473 g/mol. The largest absolute Gasteiger partial charge is 0.438 e. The van der Waals surface area contributed by atoms with Gasteiger partial charge in [-0.05, 0) is 36.4 Å². The molecule has 0 unspecified atom stereocenters. The fourth-order valence-corrected chi connectivity index (χ4v) is 4.05. The second-order valence-corrected chi connectivity index (χ2v) is 7.95. The average Bonchev–Trinajstić information content (AvgIpc) is 2.88. The zero-order chi connectivity index (χ0) is 23.5. The van der Waals surface area contributed by atoms with E-state index in [0.29, 0.717) is 26.8 Å². The average molecular weight is 473 g/mol. The van der Waals surface area contributed by atoms with Gasteiger partial charge in [-0.15, -0.1) is 10.2 Å². The summed E-state index contributed by atoms with van der Waals surface area (Å²) in [5.41, 5.74) is 0.410. The van der Waals surface area contributed by atoms with Gasteiger partial charge < -0.3 is 4.74 Å².